The Balaban J connectivity index is 2.47. The minimum atomic E-state index is 0.414. The predicted molar refractivity (Wildman–Crippen MR) is 88.1 cm³/mol. The second kappa shape index (κ2) is 8.38. The van der Waals surface area contributed by atoms with Crippen LogP contribution in [0.5, 0.6) is 0 Å². The normalized spacial score (nSPS) is 28.1. The Morgan fingerprint density at radius 3 is 2.50 bits per heavy atom. The van der Waals surface area contributed by atoms with Crippen molar-refractivity contribution in [3.63, 3.8) is 0 Å². The first-order valence-corrected chi connectivity index (χ1v) is 8.69. The number of hydrogen-bond acceptors (Lipinski definition) is 2. The van der Waals surface area contributed by atoms with E-state index in [-0.39, 0.29) is 0 Å². The van der Waals surface area contributed by atoms with E-state index in [0.717, 1.165) is 18.4 Å². The Bertz CT molecular complexity index is 262. The maximum Gasteiger partial charge on any atom is 0.0730 e. The molecule has 0 radical (unpaired) electrons. The topological polar surface area (TPSA) is 21.3 Å². The van der Waals surface area contributed by atoms with Gasteiger partial charge in [-0.3, -0.25) is 0 Å². The highest BCUT2D eigenvalue weighted by Gasteiger charge is 2.37. The molecule has 3 atom stereocenters. The molecule has 0 saturated heterocycles. The smallest absolute Gasteiger partial charge is 0.0730 e. The number of ether oxygens (including phenoxy) is 1. The lowest BCUT2D eigenvalue weighted by molar-refractivity contribution is -0.0311. The summed E-state index contributed by atoms with van der Waals surface area (Å²) in [6.45, 7) is 12.7. The summed E-state index contributed by atoms with van der Waals surface area (Å²) in [6.07, 6.45) is 8.00. The molecule has 120 valence electrons. The van der Waals surface area contributed by atoms with Gasteiger partial charge in [0.1, 0.15) is 0 Å². The molecule has 1 N–H and O–H groups in total. The number of nitrogens with one attached hydrogen (secondary N) is 1. The molecule has 3 unspecified atom stereocenters. The Kier molecular flexibility index (Phi) is 7.53. The van der Waals surface area contributed by atoms with E-state index in [9.17, 15) is 0 Å². The molecule has 1 aliphatic carbocycles. The van der Waals surface area contributed by atoms with Crippen LogP contribution in [-0.2, 0) is 4.74 Å². The van der Waals surface area contributed by atoms with Crippen molar-refractivity contribution in [2.24, 2.45) is 17.3 Å². The van der Waals surface area contributed by atoms with E-state index >= 15 is 0 Å². The fourth-order valence-electron chi connectivity index (χ4n) is 3.37. The zero-order valence-electron chi connectivity index (χ0n) is 14.7. The summed E-state index contributed by atoms with van der Waals surface area (Å²) in [5, 5.41) is 3.47. The van der Waals surface area contributed by atoms with Crippen molar-refractivity contribution >= 4 is 0 Å². The number of rotatable bonds is 8. The lowest BCUT2D eigenvalue weighted by atomic mass is 9.68. The Morgan fingerprint density at radius 1 is 1.25 bits per heavy atom. The van der Waals surface area contributed by atoms with E-state index < -0.39 is 0 Å². The summed E-state index contributed by atoms with van der Waals surface area (Å²) in [6, 6.07) is 0.554. The maximum atomic E-state index is 6.24. The Hall–Kier alpha value is -0.0800. The Morgan fingerprint density at radius 2 is 1.95 bits per heavy atom. The van der Waals surface area contributed by atoms with Gasteiger partial charge in [-0.25, -0.2) is 0 Å². The molecule has 1 saturated carbocycles. The molecule has 0 spiro atoms. The first-order chi connectivity index (χ1) is 9.40. The highest BCUT2D eigenvalue weighted by Crippen LogP contribution is 2.41. The largest absolute Gasteiger partial charge is 0.377 e. The van der Waals surface area contributed by atoms with Crippen molar-refractivity contribution in [1.29, 1.82) is 0 Å². The van der Waals surface area contributed by atoms with Crippen LogP contribution in [0.4, 0.5) is 0 Å². The van der Waals surface area contributed by atoms with Crippen molar-refractivity contribution < 1.29 is 4.74 Å². The molecular formula is C18H37NO. The van der Waals surface area contributed by atoms with Gasteiger partial charge in [0.25, 0.3) is 0 Å². The third-order valence-electron chi connectivity index (χ3n) is 5.44. The SMILES string of the molecule is CCC(C)(C)C1CCC(NC)C(OCCCC(C)C)C1. The van der Waals surface area contributed by atoms with Gasteiger partial charge in [-0.05, 0) is 56.4 Å². The molecule has 1 rings (SSSR count). The second-order valence-corrected chi connectivity index (χ2v) is 7.69. The van der Waals surface area contributed by atoms with Crippen LogP contribution in [0.15, 0.2) is 0 Å². The second-order valence-electron chi connectivity index (χ2n) is 7.69. The van der Waals surface area contributed by atoms with Crippen LogP contribution in [-0.4, -0.2) is 25.8 Å². The van der Waals surface area contributed by atoms with Gasteiger partial charge in [-0.1, -0.05) is 41.0 Å². The third kappa shape index (κ3) is 5.37. The van der Waals surface area contributed by atoms with Crippen molar-refractivity contribution in [3.8, 4) is 0 Å². The predicted octanol–water partition coefficient (Wildman–Crippen LogP) is 4.63. The molecule has 0 aromatic heterocycles. The number of hydrogen-bond donors (Lipinski definition) is 1. The van der Waals surface area contributed by atoms with Crippen molar-refractivity contribution in [1.82, 2.24) is 5.32 Å². The highest BCUT2D eigenvalue weighted by atomic mass is 16.5. The quantitative estimate of drug-likeness (QED) is 0.656. The van der Waals surface area contributed by atoms with Gasteiger partial charge in [-0.2, -0.15) is 0 Å². The third-order valence-corrected chi connectivity index (χ3v) is 5.44. The zero-order valence-corrected chi connectivity index (χ0v) is 14.7. The molecule has 1 fully saturated rings. The summed E-state index contributed by atoms with van der Waals surface area (Å²) >= 11 is 0. The molecule has 0 amide bonds. The van der Waals surface area contributed by atoms with Crippen LogP contribution in [0.3, 0.4) is 0 Å². The molecule has 0 aliphatic heterocycles. The summed E-state index contributed by atoms with van der Waals surface area (Å²) in [5.41, 5.74) is 0.457. The van der Waals surface area contributed by atoms with Gasteiger partial charge >= 0.3 is 0 Å². The molecule has 1 aliphatic rings. The summed E-state index contributed by atoms with van der Waals surface area (Å²) in [4.78, 5) is 0. The van der Waals surface area contributed by atoms with Gasteiger partial charge in [-0.15, -0.1) is 0 Å². The van der Waals surface area contributed by atoms with Gasteiger partial charge in [0.05, 0.1) is 6.10 Å². The molecule has 2 heteroatoms. The summed E-state index contributed by atoms with van der Waals surface area (Å²) in [5.74, 6) is 1.60. The molecule has 0 heterocycles. The van der Waals surface area contributed by atoms with E-state index in [1.165, 1.54) is 38.5 Å². The maximum absolute atomic E-state index is 6.24. The van der Waals surface area contributed by atoms with Gasteiger partial charge in [0, 0.05) is 12.6 Å². The first-order valence-electron chi connectivity index (χ1n) is 8.69. The van der Waals surface area contributed by atoms with E-state index in [0.29, 0.717) is 17.6 Å². The van der Waals surface area contributed by atoms with Gasteiger partial charge < -0.3 is 10.1 Å². The standard InChI is InChI=1S/C18H37NO/c1-7-18(4,5)15-10-11-16(19-6)17(13-15)20-12-8-9-14(2)3/h14-17,19H,7-13H2,1-6H3. The highest BCUT2D eigenvalue weighted by molar-refractivity contribution is 4.90. The fourth-order valence-corrected chi connectivity index (χ4v) is 3.37. The lowest BCUT2D eigenvalue weighted by Crippen LogP contribution is -2.46. The van der Waals surface area contributed by atoms with Crippen LogP contribution < -0.4 is 5.32 Å². The van der Waals surface area contributed by atoms with Crippen LogP contribution >= 0.6 is 0 Å². The van der Waals surface area contributed by atoms with E-state index in [1.807, 2.05) is 0 Å². The van der Waals surface area contributed by atoms with Gasteiger partial charge in [0.15, 0.2) is 0 Å². The monoisotopic (exact) mass is 283 g/mol. The Labute approximate surface area is 127 Å². The lowest BCUT2D eigenvalue weighted by Gasteiger charge is -2.43. The number of likely N-dealkylation sites (N-methyl/N-ethyl adjacent to an activating group) is 1. The van der Waals surface area contributed by atoms with Crippen LogP contribution in [0.25, 0.3) is 0 Å². The molecule has 0 bridgehead atoms. The summed E-state index contributed by atoms with van der Waals surface area (Å²) in [7, 11) is 2.08. The van der Waals surface area contributed by atoms with Crippen LogP contribution in [0.2, 0.25) is 0 Å². The van der Waals surface area contributed by atoms with Crippen molar-refractivity contribution in [2.75, 3.05) is 13.7 Å². The fraction of sp³-hybridized carbons (Fsp3) is 1.00. The van der Waals surface area contributed by atoms with Crippen molar-refractivity contribution in [3.05, 3.63) is 0 Å². The minimum Gasteiger partial charge on any atom is -0.377 e. The molecule has 20 heavy (non-hydrogen) atoms. The molecule has 0 aromatic carbocycles. The van der Waals surface area contributed by atoms with E-state index in [1.54, 1.807) is 0 Å². The zero-order chi connectivity index (χ0) is 15.2. The van der Waals surface area contributed by atoms with Crippen molar-refractivity contribution in [2.45, 2.75) is 85.3 Å². The molecule has 2 nitrogen and oxygen atoms in total. The van der Waals surface area contributed by atoms with E-state index in [4.69, 9.17) is 4.74 Å². The summed E-state index contributed by atoms with van der Waals surface area (Å²) < 4.78 is 6.24. The average Bonchev–Trinajstić information content (AvgIpc) is 2.43. The first kappa shape index (κ1) is 18.0. The van der Waals surface area contributed by atoms with Gasteiger partial charge in [0.2, 0.25) is 0 Å². The molecule has 0 aromatic rings. The van der Waals surface area contributed by atoms with E-state index in [2.05, 4.69) is 47.0 Å². The minimum absolute atomic E-state index is 0.414. The van der Waals surface area contributed by atoms with Crippen LogP contribution in [0, 0.1) is 17.3 Å². The molecular weight excluding hydrogens is 246 g/mol. The average molecular weight is 284 g/mol. The van der Waals surface area contributed by atoms with Crippen LogP contribution in [0.1, 0.15) is 73.1 Å².